The third-order valence-electron chi connectivity index (χ3n) is 2.75. The number of benzene rings is 1. The van der Waals surface area contributed by atoms with Crippen molar-refractivity contribution in [2.24, 2.45) is 0 Å². The maximum absolute atomic E-state index is 11.9. The molecule has 0 atom stereocenters. The van der Waals surface area contributed by atoms with E-state index >= 15 is 0 Å². The molecular weight excluding hydrogens is 360 g/mol. The Morgan fingerprint density at radius 3 is 2.65 bits per heavy atom. The zero-order chi connectivity index (χ0) is 17.4. The van der Waals surface area contributed by atoms with Crippen LogP contribution in [0.15, 0.2) is 34.8 Å². The molecule has 0 fully saturated rings. The molecule has 6 heteroatoms. The largest absolute Gasteiger partial charge is 0.490 e. The molecule has 0 aliphatic rings. The van der Waals surface area contributed by atoms with Crippen molar-refractivity contribution in [3.8, 4) is 17.6 Å². The van der Waals surface area contributed by atoms with Crippen LogP contribution >= 0.6 is 15.9 Å². The number of halogens is 1. The number of hydrogen-bond donors (Lipinski definition) is 0. The minimum atomic E-state index is -0.353. The molecule has 0 aromatic heterocycles. The topological polar surface area (TPSA) is 62.6 Å². The van der Waals surface area contributed by atoms with E-state index in [2.05, 4.69) is 22.5 Å². The van der Waals surface area contributed by atoms with Gasteiger partial charge in [0.1, 0.15) is 18.2 Å². The van der Waals surface area contributed by atoms with Gasteiger partial charge >= 0.3 is 0 Å². The van der Waals surface area contributed by atoms with Crippen molar-refractivity contribution in [3.63, 3.8) is 0 Å². The van der Waals surface area contributed by atoms with E-state index in [1.165, 1.54) is 11.0 Å². The van der Waals surface area contributed by atoms with Gasteiger partial charge in [-0.15, -0.1) is 0 Å². The van der Waals surface area contributed by atoms with E-state index in [4.69, 9.17) is 9.47 Å². The fourth-order valence-corrected chi connectivity index (χ4v) is 2.34. The van der Waals surface area contributed by atoms with Crippen LogP contribution in [0.25, 0.3) is 6.08 Å². The summed E-state index contributed by atoms with van der Waals surface area (Å²) in [7, 11) is 3.20. The number of nitriles is 1. The molecule has 0 saturated carbocycles. The number of likely N-dealkylation sites (N-methyl/N-ethyl adjacent to an activating group) is 1. The molecule has 0 unspecified atom stereocenters. The summed E-state index contributed by atoms with van der Waals surface area (Å²) in [6, 6.07) is 5.41. The maximum Gasteiger partial charge on any atom is 0.264 e. The fourth-order valence-electron chi connectivity index (χ4n) is 1.77. The first-order valence-electron chi connectivity index (χ1n) is 6.98. The third-order valence-corrected chi connectivity index (χ3v) is 3.33. The Labute approximate surface area is 144 Å². The molecular formula is C17H19BrN2O3. The van der Waals surface area contributed by atoms with Crippen LogP contribution in [0, 0.1) is 11.3 Å². The SMILES string of the molecule is C=CCOc1c(Br)cc(/C=C(/C#N)C(=O)N(C)C)cc1OCC. The summed E-state index contributed by atoms with van der Waals surface area (Å²) in [5, 5.41) is 9.17. The summed E-state index contributed by atoms with van der Waals surface area (Å²) in [6.07, 6.45) is 3.16. The summed E-state index contributed by atoms with van der Waals surface area (Å²) in [4.78, 5) is 13.3. The van der Waals surface area contributed by atoms with Crippen LogP contribution in [0.3, 0.4) is 0 Å². The van der Waals surface area contributed by atoms with E-state index in [1.807, 2.05) is 13.0 Å². The maximum atomic E-state index is 11.9. The van der Waals surface area contributed by atoms with Crippen molar-refractivity contribution < 1.29 is 14.3 Å². The Morgan fingerprint density at radius 2 is 2.13 bits per heavy atom. The van der Waals surface area contributed by atoms with E-state index in [1.54, 1.807) is 32.3 Å². The molecule has 1 rings (SSSR count). The summed E-state index contributed by atoms with van der Waals surface area (Å²) >= 11 is 3.43. The predicted molar refractivity (Wildman–Crippen MR) is 93.3 cm³/mol. The number of rotatable bonds is 7. The second-order valence-corrected chi connectivity index (χ2v) is 5.59. The van der Waals surface area contributed by atoms with Gasteiger partial charge in [-0.05, 0) is 46.6 Å². The minimum Gasteiger partial charge on any atom is -0.490 e. The zero-order valence-corrected chi connectivity index (χ0v) is 15.0. The van der Waals surface area contributed by atoms with Crippen LogP contribution in [-0.2, 0) is 4.79 Å². The first-order valence-corrected chi connectivity index (χ1v) is 7.77. The standard InChI is InChI=1S/C17H19BrN2O3/c1-5-7-23-16-14(18)9-12(10-15(16)22-6-2)8-13(11-19)17(21)20(3)4/h5,8-10H,1,6-7H2,2-4H3/b13-8-. The summed E-state index contributed by atoms with van der Waals surface area (Å²) in [5.41, 5.74) is 0.710. The highest BCUT2D eigenvalue weighted by Crippen LogP contribution is 2.37. The molecule has 0 spiro atoms. The predicted octanol–water partition coefficient (Wildman–Crippen LogP) is 3.41. The molecule has 1 amide bonds. The highest BCUT2D eigenvalue weighted by Gasteiger charge is 2.14. The van der Waals surface area contributed by atoms with Gasteiger partial charge in [-0.1, -0.05) is 12.7 Å². The number of hydrogen-bond acceptors (Lipinski definition) is 4. The molecule has 122 valence electrons. The van der Waals surface area contributed by atoms with Crippen molar-refractivity contribution in [2.45, 2.75) is 6.92 Å². The number of ether oxygens (including phenoxy) is 2. The molecule has 0 heterocycles. The molecule has 23 heavy (non-hydrogen) atoms. The second-order valence-electron chi connectivity index (χ2n) is 4.73. The van der Waals surface area contributed by atoms with Crippen molar-refractivity contribution in [2.75, 3.05) is 27.3 Å². The molecule has 0 aliphatic heterocycles. The van der Waals surface area contributed by atoms with E-state index in [0.717, 1.165) is 0 Å². The smallest absolute Gasteiger partial charge is 0.264 e. The Balaban J connectivity index is 3.30. The lowest BCUT2D eigenvalue weighted by Gasteiger charge is -2.14. The number of carbonyl (C=O) groups excluding carboxylic acids is 1. The molecule has 0 bridgehead atoms. The third kappa shape index (κ3) is 5.15. The molecule has 5 nitrogen and oxygen atoms in total. The van der Waals surface area contributed by atoms with Crippen molar-refractivity contribution in [3.05, 3.63) is 40.4 Å². The van der Waals surface area contributed by atoms with Crippen molar-refractivity contribution >= 4 is 27.9 Å². The van der Waals surface area contributed by atoms with Gasteiger partial charge in [-0.3, -0.25) is 4.79 Å². The first-order chi connectivity index (χ1) is 10.9. The Kier molecular flexibility index (Phi) is 7.36. The minimum absolute atomic E-state index is 0.0455. The lowest BCUT2D eigenvalue weighted by Crippen LogP contribution is -2.22. The summed E-state index contributed by atoms with van der Waals surface area (Å²) < 4.78 is 11.8. The van der Waals surface area contributed by atoms with Gasteiger partial charge in [0.25, 0.3) is 5.91 Å². The molecule has 0 saturated heterocycles. The zero-order valence-electron chi connectivity index (χ0n) is 13.4. The molecule has 1 aromatic carbocycles. The van der Waals surface area contributed by atoms with E-state index in [0.29, 0.717) is 34.7 Å². The second kappa shape index (κ2) is 9.01. The Bertz CT molecular complexity index is 661. The Morgan fingerprint density at radius 1 is 1.43 bits per heavy atom. The highest BCUT2D eigenvalue weighted by atomic mass is 79.9. The lowest BCUT2D eigenvalue weighted by molar-refractivity contribution is -0.124. The van der Waals surface area contributed by atoms with E-state index in [-0.39, 0.29) is 11.5 Å². The Hall–Kier alpha value is -2.26. The van der Waals surface area contributed by atoms with Crippen LogP contribution in [-0.4, -0.2) is 38.1 Å². The van der Waals surface area contributed by atoms with Gasteiger partial charge in [0.05, 0.1) is 11.1 Å². The van der Waals surface area contributed by atoms with Crippen LogP contribution in [0.1, 0.15) is 12.5 Å². The van der Waals surface area contributed by atoms with Crippen LogP contribution in [0.4, 0.5) is 0 Å². The molecule has 0 radical (unpaired) electrons. The number of carbonyl (C=O) groups is 1. The fraction of sp³-hybridized carbons (Fsp3) is 0.294. The average Bonchev–Trinajstić information content (AvgIpc) is 2.51. The summed E-state index contributed by atoms with van der Waals surface area (Å²) in [5.74, 6) is 0.736. The van der Waals surface area contributed by atoms with Gasteiger partial charge in [0.2, 0.25) is 0 Å². The van der Waals surface area contributed by atoms with Crippen molar-refractivity contribution in [1.82, 2.24) is 4.90 Å². The lowest BCUT2D eigenvalue weighted by atomic mass is 10.1. The molecule has 0 aliphatic carbocycles. The first kappa shape index (κ1) is 18.8. The van der Waals surface area contributed by atoms with Gasteiger partial charge in [-0.2, -0.15) is 5.26 Å². The van der Waals surface area contributed by atoms with Crippen LogP contribution in [0.2, 0.25) is 0 Å². The normalized spacial score (nSPS) is 10.7. The van der Waals surface area contributed by atoms with Crippen molar-refractivity contribution in [1.29, 1.82) is 5.26 Å². The molecule has 0 N–H and O–H groups in total. The van der Waals surface area contributed by atoms with Crippen LogP contribution in [0.5, 0.6) is 11.5 Å². The van der Waals surface area contributed by atoms with Crippen LogP contribution < -0.4 is 9.47 Å². The van der Waals surface area contributed by atoms with Gasteiger partial charge in [0.15, 0.2) is 11.5 Å². The summed E-state index contributed by atoms with van der Waals surface area (Å²) in [6.45, 7) is 6.29. The van der Waals surface area contributed by atoms with E-state index in [9.17, 15) is 10.1 Å². The van der Waals surface area contributed by atoms with Gasteiger partial charge in [0, 0.05) is 14.1 Å². The monoisotopic (exact) mass is 378 g/mol. The highest BCUT2D eigenvalue weighted by molar-refractivity contribution is 9.10. The molecule has 1 aromatic rings. The number of nitrogens with zero attached hydrogens (tertiary/aromatic N) is 2. The average molecular weight is 379 g/mol. The van der Waals surface area contributed by atoms with Gasteiger partial charge < -0.3 is 14.4 Å². The quantitative estimate of drug-likeness (QED) is 0.414. The van der Waals surface area contributed by atoms with E-state index < -0.39 is 0 Å². The van der Waals surface area contributed by atoms with Gasteiger partial charge in [-0.25, -0.2) is 0 Å². The number of amides is 1.